The number of benzene rings is 1. The van der Waals surface area contributed by atoms with Gasteiger partial charge in [-0.15, -0.1) is 0 Å². The third-order valence-corrected chi connectivity index (χ3v) is 5.46. The maximum absolute atomic E-state index is 12.4. The van der Waals surface area contributed by atoms with Gasteiger partial charge in [-0.3, -0.25) is 14.9 Å². The summed E-state index contributed by atoms with van der Waals surface area (Å²) >= 11 is 0. The summed E-state index contributed by atoms with van der Waals surface area (Å²) < 4.78 is 0. The van der Waals surface area contributed by atoms with Crippen molar-refractivity contribution in [1.29, 1.82) is 5.26 Å². The average molecular weight is 356 g/mol. The van der Waals surface area contributed by atoms with E-state index in [1.54, 1.807) is 12.1 Å². The Hall–Kier alpha value is -2.62. The monoisotopic (exact) mass is 356 g/mol. The molecule has 0 unspecified atom stereocenters. The van der Waals surface area contributed by atoms with Gasteiger partial charge in [0, 0.05) is 31.1 Å². The first-order valence-electron chi connectivity index (χ1n) is 9.32. The first kappa shape index (κ1) is 18.2. The fourth-order valence-electron chi connectivity index (χ4n) is 3.96. The van der Waals surface area contributed by atoms with Crippen LogP contribution in [0.15, 0.2) is 18.2 Å². The van der Waals surface area contributed by atoms with Crippen molar-refractivity contribution in [1.82, 2.24) is 5.32 Å². The molecule has 1 N–H and O–H groups in total. The van der Waals surface area contributed by atoms with Gasteiger partial charge in [-0.1, -0.05) is 19.3 Å². The van der Waals surface area contributed by atoms with Crippen molar-refractivity contribution in [2.45, 2.75) is 51.0 Å². The summed E-state index contributed by atoms with van der Waals surface area (Å²) in [4.78, 5) is 25.3. The highest BCUT2D eigenvalue weighted by molar-refractivity contribution is 5.79. The number of nitrogens with one attached hydrogen (secondary N) is 1. The predicted molar refractivity (Wildman–Crippen MR) is 97.8 cm³/mol. The van der Waals surface area contributed by atoms with Crippen molar-refractivity contribution < 1.29 is 9.72 Å². The smallest absolute Gasteiger partial charge is 0.293 e. The van der Waals surface area contributed by atoms with Crippen LogP contribution in [0.25, 0.3) is 0 Å². The molecule has 1 saturated heterocycles. The normalized spacial score (nSPS) is 19.0. The Kier molecular flexibility index (Phi) is 5.71. The second-order valence-electron chi connectivity index (χ2n) is 7.18. The van der Waals surface area contributed by atoms with E-state index in [9.17, 15) is 14.9 Å². The average Bonchev–Trinajstić information content (AvgIpc) is 2.68. The maximum Gasteiger partial charge on any atom is 0.293 e. The summed E-state index contributed by atoms with van der Waals surface area (Å²) in [7, 11) is 0. The van der Waals surface area contributed by atoms with E-state index in [0.717, 1.165) is 38.5 Å². The molecule has 1 aromatic rings. The van der Waals surface area contributed by atoms with E-state index in [1.807, 2.05) is 11.0 Å². The molecule has 0 bridgehead atoms. The minimum absolute atomic E-state index is 0.0336. The summed E-state index contributed by atoms with van der Waals surface area (Å²) in [5, 5.41) is 23.4. The van der Waals surface area contributed by atoms with Crippen LogP contribution in [0.1, 0.15) is 50.5 Å². The molecule has 1 aromatic carbocycles. The van der Waals surface area contributed by atoms with Gasteiger partial charge in [0.05, 0.1) is 16.6 Å². The molecule has 0 spiro atoms. The van der Waals surface area contributed by atoms with E-state index in [-0.39, 0.29) is 29.1 Å². The lowest BCUT2D eigenvalue weighted by Gasteiger charge is -2.34. The number of nitro benzene ring substituents is 1. The molecule has 138 valence electrons. The van der Waals surface area contributed by atoms with Crippen LogP contribution in [-0.2, 0) is 4.79 Å². The molecule has 1 heterocycles. The number of rotatable bonds is 4. The van der Waals surface area contributed by atoms with Gasteiger partial charge < -0.3 is 10.2 Å². The molecule has 0 atom stereocenters. The van der Waals surface area contributed by atoms with Gasteiger partial charge in [0.15, 0.2) is 0 Å². The number of nitrogens with zero attached hydrogens (tertiary/aromatic N) is 3. The Morgan fingerprint density at radius 3 is 2.50 bits per heavy atom. The molecule has 0 aromatic heterocycles. The number of carbonyl (C=O) groups excluding carboxylic acids is 1. The largest absolute Gasteiger partial charge is 0.366 e. The van der Waals surface area contributed by atoms with E-state index in [1.165, 1.54) is 12.5 Å². The van der Waals surface area contributed by atoms with E-state index < -0.39 is 4.92 Å². The quantitative estimate of drug-likeness (QED) is 0.660. The van der Waals surface area contributed by atoms with Crippen molar-refractivity contribution in [3.63, 3.8) is 0 Å². The Labute approximate surface area is 153 Å². The Balaban J connectivity index is 1.59. The standard InChI is InChI=1S/C19H24N4O3/c20-13-14-6-7-17(18(12-14)23(25)26)22-10-8-16(9-11-22)21-19(24)15-4-2-1-3-5-15/h6-7,12,15-16H,1-5,8-11H2,(H,21,24). The van der Waals surface area contributed by atoms with Gasteiger partial charge in [-0.25, -0.2) is 0 Å². The van der Waals surface area contributed by atoms with E-state index in [0.29, 0.717) is 18.8 Å². The molecule has 26 heavy (non-hydrogen) atoms. The molecular weight excluding hydrogens is 332 g/mol. The van der Waals surface area contributed by atoms with Crippen LogP contribution in [0.3, 0.4) is 0 Å². The second kappa shape index (κ2) is 8.17. The summed E-state index contributed by atoms with van der Waals surface area (Å²) in [6, 6.07) is 6.67. The molecule has 7 nitrogen and oxygen atoms in total. The molecule has 1 aliphatic carbocycles. The number of anilines is 1. The van der Waals surface area contributed by atoms with Crippen molar-refractivity contribution in [2.24, 2.45) is 5.92 Å². The number of amides is 1. The van der Waals surface area contributed by atoms with Crippen LogP contribution in [0.5, 0.6) is 0 Å². The first-order valence-corrected chi connectivity index (χ1v) is 9.32. The molecule has 1 saturated carbocycles. The van der Waals surface area contributed by atoms with Crippen molar-refractivity contribution in [3.8, 4) is 6.07 Å². The molecule has 1 amide bonds. The van der Waals surface area contributed by atoms with E-state index in [2.05, 4.69) is 5.32 Å². The van der Waals surface area contributed by atoms with Gasteiger partial charge in [0.2, 0.25) is 5.91 Å². The van der Waals surface area contributed by atoms with Gasteiger partial charge in [0.25, 0.3) is 5.69 Å². The second-order valence-corrected chi connectivity index (χ2v) is 7.18. The van der Waals surface area contributed by atoms with Gasteiger partial charge in [-0.2, -0.15) is 5.26 Å². The van der Waals surface area contributed by atoms with Crippen LogP contribution < -0.4 is 10.2 Å². The zero-order chi connectivity index (χ0) is 18.5. The highest BCUT2D eigenvalue weighted by Gasteiger charge is 2.28. The van der Waals surface area contributed by atoms with Crippen molar-refractivity contribution in [3.05, 3.63) is 33.9 Å². The minimum Gasteiger partial charge on any atom is -0.366 e. The molecule has 0 radical (unpaired) electrons. The molecule has 7 heteroatoms. The number of nitro groups is 1. The minimum atomic E-state index is -0.437. The number of hydrogen-bond acceptors (Lipinski definition) is 5. The topological polar surface area (TPSA) is 99.3 Å². The van der Waals surface area contributed by atoms with E-state index >= 15 is 0 Å². The van der Waals surface area contributed by atoms with E-state index in [4.69, 9.17) is 5.26 Å². The fourth-order valence-corrected chi connectivity index (χ4v) is 3.96. The summed E-state index contributed by atoms with van der Waals surface area (Å²) in [6.07, 6.45) is 7.03. The molecule has 2 fully saturated rings. The Morgan fingerprint density at radius 2 is 1.88 bits per heavy atom. The SMILES string of the molecule is N#Cc1ccc(N2CCC(NC(=O)C3CCCCC3)CC2)c([N+](=O)[O-])c1. The lowest BCUT2D eigenvalue weighted by atomic mass is 9.88. The lowest BCUT2D eigenvalue weighted by molar-refractivity contribution is -0.384. The predicted octanol–water partition coefficient (Wildman–Crippen LogP) is 3.13. The van der Waals surface area contributed by atoms with Crippen LogP contribution in [0.2, 0.25) is 0 Å². The number of nitriles is 1. The van der Waals surface area contributed by atoms with Crippen molar-refractivity contribution >= 4 is 17.3 Å². The summed E-state index contributed by atoms with van der Waals surface area (Å²) in [5.74, 6) is 0.328. The number of hydrogen-bond donors (Lipinski definition) is 1. The highest BCUT2D eigenvalue weighted by Crippen LogP contribution is 2.31. The first-order chi connectivity index (χ1) is 12.6. The summed E-state index contributed by atoms with van der Waals surface area (Å²) in [6.45, 7) is 1.31. The van der Waals surface area contributed by atoms with Crippen LogP contribution in [0.4, 0.5) is 11.4 Å². The Bertz CT molecular complexity index is 714. The molecule has 1 aliphatic heterocycles. The van der Waals surface area contributed by atoms with Crippen LogP contribution in [0, 0.1) is 27.4 Å². The van der Waals surface area contributed by atoms with Gasteiger partial charge >= 0.3 is 0 Å². The van der Waals surface area contributed by atoms with Crippen LogP contribution >= 0.6 is 0 Å². The molecular formula is C19H24N4O3. The van der Waals surface area contributed by atoms with Crippen LogP contribution in [-0.4, -0.2) is 30.0 Å². The third kappa shape index (κ3) is 4.13. The zero-order valence-electron chi connectivity index (χ0n) is 14.8. The zero-order valence-corrected chi connectivity index (χ0v) is 14.8. The lowest BCUT2D eigenvalue weighted by Crippen LogP contribution is -2.46. The highest BCUT2D eigenvalue weighted by atomic mass is 16.6. The molecule has 3 rings (SSSR count). The number of piperidine rings is 1. The van der Waals surface area contributed by atoms with Crippen molar-refractivity contribution in [2.75, 3.05) is 18.0 Å². The third-order valence-electron chi connectivity index (χ3n) is 5.46. The van der Waals surface area contributed by atoms with Gasteiger partial charge in [-0.05, 0) is 37.8 Å². The summed E-state index contributed by atoms with van der Waals surface area (Å²) in [5.41, 5.74) is 0.801. The number of carbonyl (C=O) groups is 1. The fraction of sp³-hybridized carbons (Fsp3) is 0.579. The maximum atomic E-state index is 12.4. The Morgan fingerprint density at radius 1 is 1.19 bits per heavy atom. The van der Waals surface area contributed by atoms with Gasteiger partial charge in [0.1, 0.15) is 5.69 Å². The molecule has 2 aliphatic rings.